The van der Waals surface area contributed by atoms with Crippen molar-refractivity contribution in [3.05, 3.63) is 47.5 Å². The van der Waals surface area contributed by atoms with Crippen molar-refractivity contribution in [2.45, 2.75) is 63.1 Å². The van der Waals surface area contributed by atoms with Crippen molar-refractivity contribution < 1.29 is 23.9 Å². The van der Waals surface area contributed by atoms with E-state index in [1.165, 1.54) is 12.1 Å². The topological polar surface area (TPSA) is 118 Å². The van der Waals surface area contributed by atoms with Crippen LogP contribution in [0.25, 0.3) is 10.9 Å². The lowest BCUT2D eigenvalue weighted by Crippen LogP contribution is -2.57. The van der Waals surface area contributed by atoms with Crippen LogP contribution in [0.4, 0.5) is 4.39 Å². The molecule has 1 aromatic heterocycles. The van der Waals surface area contributed by atoms with E-state index in [0.717, 1.165) is 48.8 Å². The number of hydrogen-bond donors (Lipinski definition) is 4. The number of amides is 2. The Kier molecular flexibility index (Phi) is 7.43. The second-order valence-electron chi connectivity index (χ2n) is 10.8. The van der Waals surface area contributed by atoms with Crippen molar-refractivity contribution in [3.63, 3.8) is 0 Å². The summed E-state index contributed by atoms with van der Waals surface area (Å²) in [5.74, 6) is -1.77. The first-order valence-electron chi connectivity index (χ1n) is 13.5. The average Bonchev–Trinajstić information content (AvgIpc) is 3.61. The lowest BCUT2D eigenvalue weighted by molar-refractivity contribution is -0.139. The van der Waals surface area contributed by atoms with Gasteiger partial charge >= 0.3 is 5.97 Å². The van der Waals surface area contributed by atoms with E-state index in [1.54, 1.807) is 20.0 Å². The molecule has 0 spiro atoms. The van der Waals surface area contributed by atoms with E-state index in [1.807, 2.05) is 22.1 Å². The number of carboxylic acid groups (broad SMARTS) is 1. The van der Waals surface area contributed by atoms with Crippen LogP contribution in [0.5, 0.6) is 0 Å². The molecule has 1 aliphatic carbocycles. The maximum Gasteiger partial charge on any atom is 0.323 e. The molecular weight excluding hydrogens is 489 g/mol. The molecule has 3 heterocycles. The van der Waals surface area contributed by atoms with Crippen LogP contribution in [0.1, 0.15) is 50.5 Å². The fraction of sp³-hybridized carbons (Fsp3) is 0.536. The minimum Gasteiger partial charge on any atom is -0.480 e. The summed E-state index contributed by atoms with van der Waals surface area (Å²) in [6.07, 6.45) is 8.73. The average molecular weight is 526 g/mol. The zero-order valence-corrected chi connectivity index (χ0v) is 21.9. The number of carboxylic acids is 1. The number of aromatic nitrogens is 1. The van der Waals surface area contributed by atoms with Gasteiger partial charge in [-0.3, -0.25) is 14.4 Å². The summed E-state index contributed by atoms with van der Waals surface area (Å²) in [5, 5.41) is 16.4. The summed E-state index contributed by atoms with van der Waals surface area (Å²) in [6, 6.07) is 3.14. The van der Waals surface area contributed by atoms with E-state index in [2.05, 4.69) is 15.6 Å². The number of aliphatic carboxylic acids is 1. The maximum atomic E-state index is 14.3. The molecule has 10 heteroatoms. The lowest BCUT2D eigenvalue weighted by atomic mass is 9.82. The van der Waals surface area contributed by atoms with Gasteiger partial charge in [0.15, 0.2) is 0 Å². The number of nitrogens with zero attached hydrogens (tertiary/aromatic N) is 2. The molecule has 1 saturated carbocycles. The Morgan fingerprint density at radius 2 is 1.97 bits per heavy atom. The van der Waals surface area contributed by atoms with Gasteiger partial charge in [-0.15, -0.1) is 0 Å². The van der Waals surface area contributed by atoms with Gasteiger partial charge in [-0.05, 0) is 62.6 Å². The zero-order valence-electron chi connectivity index (χ0n) is 21.9. The van der Waals surface area contributed by atoms with Crippen LogP contribution in [0.2, 0.25) is 0 Å². The normalized spacial score (nSPS) is 23.3. The van der Waals surface area contributed by atoms with Crippen molar-refractivity contribution in [2.75, 3.05) is 26.7 Å². The van der Waals surface area contributed by atoms with Crippen molar-refractivity contribution in [3.8, 4) is 0 Å². The highest BCUT2D eigenvalue weighted by molar-refractivity contribution is 5.91. The summed E-state index contributed by atoms with van der Waals surface area (Å²) in [6.45, 7) is 2.38. The minimum atomic E-state index is -0.940. The molecule has 1 saturated heterocycles. The number of hydrogen-bond acceptors (Lipinski definition) is 5. The third-order valence-corrected chi connectivity index (χ3v) is 8.50. The Morgan fingerprint density at radius 3 is 2.68 bits per heavy atom. The van der Waals surface area contributed by atoms with Crippen LogP contribution < -0.4 is 10.6 Å². The first kappa shape index (κ1) is 26.2. The summed E-state index contributed by atoms with van der Waals surface area (Å²) in [7, 11) is 1.71. The third-order valence-electron chi connectivity index (χ3n) is 8.50. The number of likely N-dealkylation sites (N-methyl/N-ethyl adjacent to an activating group) is 1. The van der Waals surface area contributed by atoms with Gasteiger partial charge in [-0.2, -0.15) is 0 Å². The number of aromatic amines is 1. The van der Waals surface area contributed by atoms with Gasteiger partial charge < -0.3 is 30.5 Å². The Morgan fingerprint density at radius 1 is 1.21 bits per heavy atom. The van der Waals surface area contributed by atoms with Crippen LogP contribution in [-0.4, -0.2) is 82.5 Å². The van der Waals surface area contributed by atoms with Gasteiger partial charge in [-0.25, -0.2) is 4.39 Å². The first-order chi connectivity index (χ1) is 18.3. The van der Waals surface area contributed by atoms with Crippen LogP contribution >= 0.6 is 0 Å². The van der Waals surface area contributed by atoms with Gasteiger partial charge in [0.2, 0.25) is 11.8 Å². The number of nitrogens with one attached hydrogen (secondary N) is 3. The molecule has 9 nitrogen and oxygen atoms in total. The molecule has 4 unspecified atom stereocenters. The molecule has 4 N–H and O–H groups in total. The van der Waals surface area contributed by atoms with Gasteiger partial charge in [0, 0.05) is 41.8 Å². The molecular formula is C28H36FN5O4. The number of halogens is 1. The molecule has 2 aromatic rings. The summed E-state index contributed by atoms with van der Waals surface area (Å²) >= 11 is 0. The molecule has 0 radical (unpaired) electrons. The summed E-state index contributed by atoms with van der Waals surface area (Å²) < 4.78 is 13.9. The maximum absolute atomic E-state index is 14.3. The minimum absolute atomic E-state index is 0.0549. The number of rotatable bonds is 8. The molecule has 4 atom stereocenters. The standard InChI is InChI=1S/C28H36FN5O4/c1-16(30-2)27(37)32-25(17-6-4-3-5-7-17)28(38)34-11-10-23-26(34)21(14-33(23)15-24(35)36)20-13-31-22-12-18(29)8-9-19(20)22/h8-10,12-13,16-17,21,25-26,30-31H,3-7,11,14-15H2,1-2H3,(H,32,37)(H,35,36). The highest BCUT2D eigenvalue weighted by Crippen LogP contribution is 2.43. The van der Waals surface area contributed by atoms with Gasteiger partial charge in [0.1, 0.15) is 18.4 Å². The fourth-order valence-corrected chi connectivity index (χ4v) is 6.45. The highest BCUT2D eigenvalue weighted by atomic mass is 19.1. The van der Waals surface area contributed by atoms with Gasteiger partial charge in [0.05, 0.1) is 12.1 Å². The van der Waals surface area contributed by atoms with E-state index >= 15 is 0 Å². The van der Waals surface area contributed by atoms with Crippen molar-refractivity contribution in [2.24, 2.45) is 5.92 Å². The van der Waals surface area contributed by atoms with Crippen molar-refractivity contribution in [1.29, 1.82) is 0 Å². The van der Waals surface area contributed by atoms with Crippen LogP contribution in [0.3, 0.4) is 0 Å². The van der Waals surface area contributed by atoms with Crippen molar-refractivity contribution in [1.82, 2.24) is 25.4 Å². The van der Waals surface area contributed by atoms with E-state index in [0.29, 0.717) is 18.6 Å². The molecule has 2 aliphatic heterocycles. The van der Waals surface area contributed by atoms with Crippen LogP contribution in [0, 0.1) is 11.7 Å². The molecule has 1 aromatic carbocycles. The Hall–Kier alpha value is -3.40. The number of carbonyl (C=O) groups excluding carboxylic acids is 2. The van der Waals surface area contributed by atoms with E-state index in [9.17, 15) is 23.9 Å². The quantitative estimate of drug-likeness (QED) is 0.421. The summed E-state index contributed by atoms with van der Waals surface area (Å²) in [5.41, 5.74) is 2.40. The monoisotopic (exact) mass is 525 g/mol. The Labute approximate surface area is 221 Å². The molecule has 5 rings (SSSR count). The Balaban J connectivity index is 1.49. The SMILES string of the molecule is CNC(C)C(=O)NC(C(=O)N1CC=C2C1C(c1c[nH]c3cc(F)ccc13)CN2CC(=O)O)C1CCCCC1. The number of benzene rings is 1. The molecule has 204 valence electrons. The van der Waals surface area contributed by atoms with E-state index in [-0.39, 0.29) is 42.1 Å². The van der Waals surface area contributed by atoms with Crippen LogP contribution in [-0.2, 0) is 14.4 Å². The molecule has 3 aliphatic rings. The predicted octanol–water partition coefficient (Wildman–Crippen LogP) is 2.56. The number of H-pyrrole nitrogens is 1. The van der Waals surface area contributed by atoms with Crippen LogP contribution in [0.15, 0.2) is 36.2 Å². The molecule has 2 amide bonds. The first-order valence-corrected chi connectivity index (χ1v) is 13.5. The number of fused-ring (bicyclic) bond motifs is 2. The molecule has 38 heavy (non-hydrogen) atoms. The third kappa shape index (κ3) is 4.89. The fourth-order valence-electron chi connectivity index (χ4n) is 6.45. The largest absolute Gasteiger partial charge is 0.480 e. The Bertz CT molecular complexity index is 1250. The molecule has 0 bridgehead atoms. The van der Waals surface area contributed by atoms with Gasteiger partial charge in [0.25, 0.3) is 0 Å². The second-order valence-corrected chi connectivity index (χ2v) is 10.8. The molecule has 2 fully saturated rings. The lowest BCUT2D eigenvalue weighted by Gasteiger charge is -2.36. The van der Waals surface area contributed by atoms with Gasteiger partial charge in [-0.1, -0.05) is 19.3 Å². The number of carbonyl (C=O) groups is 3. The summed E-state index contributed by atoms with van der Waals surface area (Å²) in [4.78, 5) is 45.6. The smallest absolute Gasteiger partial charge is 0.323 e. The van der Waals surface area contributed by atoms with E-state index < -0.39 is 18.1 Å². The second kappa shape index (κ2) is 10.8. The number of likely N-dealkylation sites (tertiary alicyclic amines) is 1. The predicted molar refractivity (Wildman–Crippen MR) is 141 cm³/mol. The highest BCUT2D eigenvalue weighted by Gasteiger charge is 2.49. The van der Waals surface area contributed by atoms with Crippen molar-refractivity contribution >= 4 is 28.7 Å². The van der Waals surface area contributed by atoms with E-state index in [4.69, 9.17) is 0 Å². The zero-order chi connectivity index (χ0) is 27.0.